The van der Waals surface area contributed by atoms with E-state index in [0.717, 1.165) is 31.9 Å². The van der Waals surface area contributed by atoms with E-state index in [4.69, 9.17) is 10.5 Å². The standard InChI is InChI=1S/C17H27N3O2/c1-17(2,20-8-10-22-11-9-20)13-19-16(21)15(18)12-14-6-4-3-5-7-14/h3-7,15H,8-13,18H2,1-2H3,(H,19,21). The topological polar surface area (TPSA) is 67.6 Å². The SMILES string of the molecule is CC(C)(CNC(=O)C(N)Cc1ccccc1)N1CCOCC1. The zero-order chi connectivity index (χ0) is 16.0. The van der Waals surface area contributed by atoms with Crippen molar-refractivity contribution in [2.24, 2.45) is 5.73 Å². The second kappa shape index (κ2) is 7.72. The number of hydrogen-bond acceptors (Lipinski definition) is 4. The van der Waals surface area contributed by atoms with Crippen LogP contribution in [0.3, 0.4) is 0 Å². The van der Waals surface area contributed by atoms with E-state index in [1.54, 1.807) is 0 Å². The van der Waals surface area contributed by atoms with Crippen LogP contribution in [0.25, 0.3) is 0 Å². The van der Waals surface area contributed by atoms with E-state index in [9.17, 15) is 4.79 Å². The van der Waals surface area contributed by atoms with Crippen molar-refractivity contribution < 1.29 is 9.53 Å². The molecule has 5 heteroatoms. The highest BCUT2D eigenvalue weighted by Gasteiger charge is 2.29. The van der Waals surface area contributed by atoms with E-state index < -0.39 is 6.04 Å². The minimum atomic E-state index is -0.511. The fraction of sp³-hybridized carbons (Fsp3) is 0.588. The lowest BCUT2D eigenvalue weighted by atomic mass is 10.0. The molecular weight excluding hydrogens is 278 g/mol. The maximum atomic E-state index is 12.2. The number of amides is 1. The molecule has 1 aromatic carbocycles. The number of benzene rings is 1. The minimum Gasteiger partial charge on any atom is -0.379 e. The monoisotopic (exact) mass is 305 g/mol. The van der Waals surface area contributed by atoms with Crippen molar-refractivity contribution in [2.45, 2.75) is 31.8 Å². The third-order valence-electron chi connectivity index (χ3n) is 4.20. The number of nitrogens with one attached hydrogen (secondary N) is 1. The van der Waals surface area contributed by atoms with E-state index in [2.05, 4.69) is 24.1 Å². The quantitative estimate of drug-likeness (QED) is 0.815. The Labute approximate surface area is 132 Å². The Bertz CT molecular complexity index is 470. The summed E-state index contributed by atoms with van der Waals surface area (Å²) in [5, 5.41) is 2.99. The van der Waals surface area contributed by atoms with Gasteiger partial charge in [-0.3, -0.25) is 9.69 Å². The van der Waals surface area contributed by atoms with Crippen LogP contribution < -0.4 is 11.1 Å². The van der Waals surface area contributed by atoms with Crippen molar-refractivity contribution in [3.8, 4) is 0 Å². The lowest BCUT2D eigenvalue weighted by Crippen LogP contribution is -2.56. The van der Waals surface area contributed by atoms with Gasteiger partial charge in [0, 0.05) is 25.2 Å². The van der Waals surface area contributed by atoms with Crippen molar-refractivity contribution in [1.29, 1.82) is 0 Å². The van der Waals surface area contributed by atoms with Gasteiger partial charge >= 0.3 is 0 Å². The lowest BCUT2D eigenvalue weighted by molar-refractivity contribution is -0.123. The van der Waals surface area contributed by atoms with E-state index in [0.29, 0.717) is 13.0 Å². The number of carbonyl (C=O) groups is 1. The molecule has 22 heavy (non-hydrogen) atoms. The van der Waals surface area contributed by atoms with Crippen LogP contribution in [0.4, 0.5) is 0 Å². The van der Waals surface area contributed by atoms with Crippen LogP contribution in [-0.4, -0.2) is 55.2 Å². The average molecular weight is 305 g/mol. The fourth-order valence-electron chi connectivity index (χ4n) is 2.68. The molecule has 1 aliphatic heterocycles. The largest absolute Gasteiger partial charge is 0.379 e. The molecule has 122 valence electrons. The molecule has 0 bridgehead atoms. The Balaban J connectivity index is 1.80. The van der Waals surface area contributed by atoms with Crippen molar-refractivity contribution in [3.05, 3.63) is 35.9 Å². The van der Waals surface area contributed by atoms with Crippen LogP contribution in [0, 0.1) is 0 Å². The molecule has 1 saturated heterocycles. The second-order valence-corrected chi connectivity index (χ2v) is 6.43. The van der Waals surface area contributed by atoms with Gasteiger partial charge in [0.15, 0.2) is 0 Å². The predicted molar refractivity (Wildman–Crippen MR) is 87.6 cm³/mol. The summed E-state index contributed by atoms with van der Waals surface area (Å²) in [6.45, 7) is 8.19. The van der Waals surface area contributed by atoms with Crippen molar-refractivity contribution >= 4 is 5.91 Å². The number of morpholine rings is 1. The highest BCUT2D eigenvalue weighted by molar-refractivity contribution is 5.81. The van der Waals surface area contributed by atoms with Crippen LogP contribution in [0.15, 0.2) is 30.3 Å². The van der Waals surface area contributed by atoms with Crippen LogP contribution in [0.5, 0.6) is 0 Å². The summed E-state index contributed by atoms with van der Waals surface area (Å²) >= 11 is 0. The van der Waals surface area contributed by atoms with E-state index >= 15 is 0 Å². The average Bonchev–Trinajstić information content (AvgIpc) is 2.54. The zero-order valence-corrected chi connectivity index (χ0v) is 13.5. The number of ether oxygens (including phenoxy) is 1. The normalized spacial score (nSPS) is 18.0. The van der Waals surface area contributed by atoms with Gasteiger partial charge in [0.2, 0.25) is 5.91 Å². The first-order valence-corrected chi connectivity index (χ1v) is 7.89. The Morgan fingerprint density at radius 3 is 2.59 bits per heavy atom. The highest BCUT2D eigenvalue weighted by Crippen LogP contribution is 2.15. The molecule has 0 spiro atoms. The van der Waals surface area contributed by atoms with Gasteiger partial charge in [-0.05, 0) is 25.8 Å². The Morgan fingerprint density at radius 1 is 1.32 bits per heavy atom. The van der Waals surface area contributed by atoms with Crippen molar-refractivity contribution in [1.82, 2.24) is 10.2 Å². The van der Waals surface area contributed by atoms with Gasteiger partial charge in [0.25, 0.3) is 0 Å². The minimum absolute atomic E-state index is 0.0914. The van der Waals surface area contributed by atoms with Crippen LogP contribution >= 0.6 is 0 Å². The molecule has 5 nitrogen and oxygen atoms in total. The summed E-state index contributed by atoms with van der Waals surface area (Å²) in [7, 11) is 0. The molecule has 0 radical (unpaired) electrons. The molecule has 0 aliphatic carbocycles. The lowest BCUT2D eigenvalue weighted by Gasteiger charge is -2.41. The molecule has 2 rings (SSSR count). The molecule has 1 unspecified atom stereocenters. The van der Waals surface area contributed by atoms with E-state index in [1.807, 2.05) is 30.3 Å². The summed E-state index contributed by atoms with van der Waals surface area (Å²) in [5.74, 6) is -0.0924. The Kier molecular flexibility index (Phi) is 5.94. The highest BCUT2D eigenvalue weighted by atomic mass is 16.5. The number of nitrogens with two attached hydrogens (primary N) is 1. The van der Waals surface area contributed by atoms with Crippen LogP contribution in [0.1, 0.15) is 19.4 Å². The Morgan fingerprint density at radius 2 is 1.95 bits per heavy atom. The van der Waals surface area contributed by atoms with Gasteiger partial charge in [-0.15, -0.1) is 0 Å². The molecule has 0 saturated carbocycles. The molecule has 1 fully saturated rings. The molecular formula is C17H27N3O2. The predicted octanol–water partition coefficient (Wildman–Crippen LogP) is 0.783. The van der Waals surface area contributed by atoms with Gasteiger partial charge < -0.3 is 15.8 Å². The third-order valence-corrected chi connectivity index (χ3v) is 4.20. The Hall–Kier alpha value is -1.43. The van der Waals surface area contributed by atoms with Gasteiger partial charge in [0.1, 0.15) is 0 Å². The maximum absolute atomic E-state index is 12.2. The molecule has 1 aromatic rings. The van der Waals surface area contributed by atoms with Crippen LogP contribution in [-0.2, 0) is 16.0 Å². The van der Waals surface area contributed by atoms with Crippen molar-refractivity contribution in [2.75, 3.05) is 32.8 Å². The first-order chi connectivity index (χ1) is 10.5. The first kappa shape index (κ1) is 16.9. The molecule has 3 N–H and O–H groups in total. The van der Waals surface area contributed by atoms with Gasteiger partial charge in [-0.1, -0.05) is 30.3 Å². The summed E-state index contributed by atoms with van der Waals surface area (Å²) in [4.78, 5) is 14.5. The third kappa shape index (κ3) is 4.80. The first-order valence-electron chi connectivity index (χ1n) is 7.89. The fourth-order valence-corrected chi connectivity index (χ4v) is 2.68. The summed E-state index contributed by atoms with van der Waals surface area (Å²) in [6.07, 6.45) is 0.560. The van der Waals surface area contributed by atoms with Crippen LogP contribution in [0.2, 0.25) is 0 Å². The van der Waals surface area contributed by atoms with E-state index in [1.165, 1.54) is 0 Å². The smallest absolute Gasteiger partial charge is 0.237 e. The number of rotatable bonds is 6. The van der Waals surface area contributed by atoms with Gasteiger partial charge in [-0.25, -0.2) is 0 Å². The zero-order valence-electron chi connectivity index (χ0n) is 13.5. The molecule has 1 aliphatic rings. The summed E-state index contributed by atoms with van der Waals surface area (Å²) < 4.78 is 5.38. The number of hydrogen-bond donors (Lipinski definition) is 2. The second-order valence-electron chi connectivity index (χ2n) is 6.43. The van der Waals surface area contributed by atoms with E-state index in [-0.39, 0.29) is 11.4 Å². The molecule has 1 heterocycles. The molecule has 1 atom stereocenters. The summed E-state index contributed by atoms with van der Waals surface area (Å²) in [5.41, 5.74) is 7.00. The maximum Gasteiger partial charge on any atom is 0.237 e. The molecule has 1 amide bonds. The number of carbonyl (C=O) groups excluding carboxylic acids is 1. The number of nitrogens with zero attached hydrogens (tertiary/aromatic N) is 1. The molecule has 0 aromatic heterocycles. The summed E-state index contributed by atoms with van der Waals surface area (Å²) in [6, 6.07) is 9.35. The van der Waals surface area contributed by atoms with Gasteiger partial charge in [-0.2, -0.15) is 0 Å². The van der Waals surface area contributed by atoms with Crippen molar-refractivity contribution in [3.63, 3.8) is 0 Å². The van der Waals surface area contributed by atoms with Gasteiger partial charge in [0.05, 0.1) is 19.3 Å².